The minimum Gasteiger partial charge on any atom is -0.354 e. The Hall–Kier alpha value is -2.63. The summed E-state index contributed by atoms with van der Waals surface area (Å²) in [5.74, 6) is -0.0297. The molecule has 25 heavy (non-hydrogen) atoms. The van der Waals surface area contributed by atoms with Crippen molar-refractivity contribution in [2.45, 2.75) is 31.7 Å². The van der Waals surface area contributed by atoms with Gasteiger partial charge in [0.15, 0.2) is 0 Å². The number of benzene rings is 1. The zero-order valence-corrected chi connectivity index (χ0v) is 14.5. The monoisotopic (exact) mass is 340 g/mol. The molecule has 1 N–H and O–H groups in total. The number of hydrogen-bond acceptors (Lipinski definition) is 3. The van der Waals surface area contributed by atoms with E-state index in [1.54, 1.807) is 15.8 Å². The highest BCUT2D eigenvalue weighted by atomic mass is 16.2. The van der Waals surface area contributed by atoms with Gasteiger partial charge in [0.1, 0.15) is 6.04 Å². The minimum absolute atomic E-state index is 0.0295. The second-order valence-corrected chi connectivity index (χ2v) is 6.46. The Kier molecular flexibility index (Phi) is 5.48. The van der Waals surface area contributed by atoms with Gasteiger partial charge in [0.25, 0.3) is 0 Å². The molecule has 0 radical (unpaired) electrons. The zero-order valence-electron chi connectivity index (χ0n) is 14.5. The summed E-state index contributed by atoms with van der Waals surface area (Å²) in [6, 6.07) is 9.42. The normalized spacial score (nSPS) is 17.9. The first-order valence-electron chi connectivity index (χ1n) is 8.72. The van der Waals surface area contributed by atoms with Crippen LogP contribution < -0.4 is 5.32 Å². The summed E-state index contributed by atoms with van der Waals surface area (Å²) < 4.78 is 1.73. The fraction of sp³-hybridized carbons (Fsp3) is 0.421. The van der Waals surface area contributed by atoms with Crippen molar-refractivity contribution < 1.29 is 9.59 Å². The van der Waals surface area contributed by atoms with Crippen molar-refractivity contribution in [3.8, 4) is 0 Å². The Morgan fingerprint density at radius 1 is 1.28 bits per heavy atom. The van der Waals surface area contributed by atoms with Crippen LogP contribution in [-0.4, -0.2) is 45.6 Å². The van der Waals surface area contributed by atoms with Crippen molar-refractivity contribution in [2.75, 3.05) is 13.1 Å². The van der Waals surface area contributed by atoms with Gasteiger partial charge in [-0.05, 0) is 24.0 Å². The molecule has 2 aromatic rings. The van der Waals surface area contributed by atoms with E-state index in [1.165, 1.54) is 0 Å². The molecular weight excluding hydrogens is 316 g/mol. The fourth-order valence-electron chi connectivity index (χ4n) is 3.21. The van der Waals surface area contributed by atoms with Crippen molar-refractivity contribution in [3.63, 3.8) is 0 Å². The average molecular weight is 340 g/mol. The predicted molar refractivity (Wildman–Crippen MR) is 94.8 cm³/mol. The number of carbonyl (C=O) groups is 2. The minimum atomic E-state index is -0.439. The number of aromatic nitrogens is 2. The maximum atomic E-state index is 12.8. The summed E-state index contributed by atoms with van der Waals surface area (Å²) in [7, 11) is 1.86. The lowest BCUT2D eigenvalue weighted by Crippen LogP contribution is -2.48. The zero-order chi connectivity index (χ0) is 17.6. The number of carbonyl (C=O) groups excluding carboxylic acids is 2. The van der Waals surface area contributed by atoms with Gasteiger partial charge in [0.05, 0.1) is 6.20 Å². The molecule has 1 aliphatic heterocycles. The highest BCUT2D eigenvalue weighted by molar-refractivity contribution is 5.88. The first-order valence-corrected chi connectivity index (χ1v) is 8.72. The van der Waals surface area contributed by atoms with Crippen molar-refractivity contribution >= 4 is 11.8 Å². The number of rotatable bonds is 5. The van der Waals surface area contributed by atoms with Crippen LogP contribution in [0.1, 0.15) is 24.0 Å². The molecule has 1 atom stereocenters. The summed E-state index contributed by atoms with van der Waals surface area (Å²) in [6.45, 7) is 1.23. The Labute approximate surface area is 147 Å². The van der Waals surface area contributed by atoms with Gasteiger partial charge in [-0.25, -0.2) is 0 Å². The summed E-state index contributed by atoms with van der Waals surface area (Å²) in [5.41, 5.74) is 2.10. The van der Waals surface area contributed by atoms with E-state index in [0.29, 0.717) is 32.4 Å². The van der Waals surface area contributed by atoms with E-state index in [1.807, 2.05) is 43.6 Å². The van der Waals surface area contributed by atoms with Crippen LogP contribution in [-0.2, 0) is 29.5 Å². The largest absolute Gasteiger partial charge is 0.354 e. The van der Waals surface area contributed by atoms with E-state index in [0.717, 1.165) is 17.5 Å². The average Bonchev–Trinajstić information content (AvgIpc) is 2.95. The van der Waals surface area contributed by atoms with E-state index in [4.69, 9.17) is 0 Å². The Morgan fingerprint density at radius 2 is 2.08 bits per heavy atom. The third-order valence-electron chi connectivity index (χ3n) is 4.53. The molecule has 0 aliphatic carbocycles. The van der Waals surface area contributed by atoms with E-state index in [9.17, 15) is 9.59 Å². The lowest BCUT2D eigenvalue weighted by Gasteiger charge is -2.28. The summed E-state index contributed by atoms with van der Waals surface area (Å²) in [5, 5.41) is 7.06. The first kappa shape index (κ1) is 17.2. The molecule has 1 saturated heterocycles. The van der Waals surface area contributed by atoms with Crippen molar-refractivity contribution in [3.05, 3.63) is 53.9 Å². The Bertz CT molecular complexity index is 726. The quantitative estimate of drug-likeness (QED) is 0.892. The summed E-state index contributed by atoms with van der Waals surface area (Å²) >= 11 is 0. The standard InChI is InChI=1S/C19H24N4O2/c1-22-14-16(13-21-22)8-9-18(24)23-11-5-10-20-19(25)17(23)12-15-6-3-2-4-7-15/h2-4,6-7,13-14,17H,5,8-12H2,1H3,(H,20,25)/t17-/m1/s1. The van der Waals surface area contributed by atoms with Gasteiger partial charge in [-0.1, -0.05) is 30.3 Å². The first-order chi connectivity index (χ1) is 12.1. The molecule has 3 rings (SSSR count). The third kappa shape index (κ3) is 4.47. The van der Waals surface area contributed by atoms with Gasteiger partial charge in [0, 0.05) is 39.2 Å². The van der Waals surface area contributed by atoms with Gasteiger partial charge in [0.2, 0.25) is 11.8 Å². The summed E-state index contributed by atoms with van der Waals surface area (Å²) in [6.07, 6.45) is 6.07. The van der Waals surface area contributed by atoms with Gasteiger partial charge in [-0.15, -0.1) is 0 Å². The van der Waals surface area contributed by atoms with Crippen LogP contribution in [0.5, 0.6) is 0 Å². The van der Waals surface area contributed by atoms with Crippen LogP contribution in [0, 0.1) is 0 Å². The molecule has 1 aromatic heterocycles. The number of nitrogens with zero attached hydrogens (tertiary/aromatic N) is 3. The second-order valence-electron chi connectivity index (χ2n) is 6.46. The molecule has 0 saturated carbocycles. The van der Waals surface area contributed by atoms with Gasteiger partial charge in [-0.2, -0.15) is 5.10 Å². The number of hydrogen-bond donors (Lipinski definition) is 1. The molecule has 2 heterocycles. The molecule has 0 unspecified atom stereocenters. The van der Waals surface area contributed by atoms with Crippen molar-refractivity contribution in [1.82, 2.24) is 20.0 Å². The Morgan fingerprint density at radius 3 is 2.80 bits per heavy atom. The van der Waals surface area contributed by atoms with Crippen LogP contribution in [0.25, 0.3) is 0 Å². The molecule has 6 heteroatoms. The second kappa shape index (κ2) is 7.96. The molecule has 6 nitrogen and oxygen atoms in total. The van der Waals surface area contributed by atoms with Crippen LogP contribution in [0.2, 0.25) is 0 Å². The molecule has 1 fully saturated rings. The topological polar surface area (TPSA) is 67.2 Å². The fourth-order valence-corrected chi connectivity index (χ4v) is 3.21. The number of amides is 2. The molecule has 0 spiro atoms. The lowest BCUT2D eigenvalue weighted by atomic mass is 10.0. The van der Waals surface area contributed by atoms with E-state index < -0.39 is 6.04 Å². The molecule has 1 aromatic carbocycles. The van der Waals surface area contributed by atoms with Crippen LogP contribution in [0.15, 0.2) is 42.7 Å². The Balaban J connectivity index is 1.70. The number of nitrogens with one attached hydrogen (secondary N) is 1. The molecule has 2 amide bonds. The smallest absolute Gasteiger partial charge is 0.243 e. The van der Waals surface area contributed by atoms with Crippen LogP contribution in [0.4, 0.5) is 0 Å². The van der Waals surface area contributed by atoms with Crippen LogP contribution in [0.3, 0.4) is 0 Å². The highest BCUT2D eigenvalue weighted by Crippen LogP contribution is 2.15. The van der Waals surface area contributed by atoms with E-state index >= 15 is 0 Å². The maximum Gasteiger partial charge on any atom is 0.243 e. The predicted octanol–water partition coefficient (Wildman–Crippen LogP) is 1.31. The van der Waals surface area contributed by atoms with E-state index in [-0.39, 0.29) is 11.8 Å². The third-order valence-corrected chi connectivity index (χ3v) is 4.53. The molecular formula is C19H24N4O2. The van der Waals surface area contributed by atoms with Gasteiger partial charge >= 0.3 is 0 Å². The maximum absolute atomic E-state index is 12.8. The molecule has 1 aliphatic rings. The van der Waals surface area contributed by atoms with Crippen molar-refractivity contribution in [2.24, 2.45) is 7.05 Å². The number of aryl methyl sites for hydroxylation is 2. The molecule has 132 valence electrons. The van der Waals surface area contributed by atoms with Crippen LogP contribution >= 0.6 is 0 Å². The molecule has 0 bridgehead atoms. The lowest BCUT2D eigenvalue weighted by molar-refractivity contribution is -0.139. The van der Waals surface area contributed by atoms with Gasteiger partial charge < -0.3 is 10.2 Å². The highest BCUT2D eigenvalue weighted by Gasteiger charge is 2.31. The van der Waals surface area contributed by atoms with Gasteiger partial charge in [-0.3, -0.25) is 14.3 Å². The summed E-state index contributed by atoms with van der Waals surface area (Å²) in [4.78, 5) is 27.0. The van der Waals surface area contributed by atoms with Crippen molar-refractivity contribution in [1.29, 1.82) is 0 Å². The SMILES string of the molecule is Cn1cc(CCC(=O)N2CCCNC(=O)[C@H]2Cc2ccccc2)cn1. The van der Waals surface area contributed by atoms with E-state index in [2.05, 4.69) is 10.4 Å².